The zero-order valence-corrected chi connectivity index (χ0v) is 7.92. The molecule has 1 radical (unpaired) electrons. The van der Waals surface area contributed by atoms with Crippen LogP contribution in [0.4, 0.5) is 0 Å². The maximum Gasteiger partial charge on any atom is 0.254 e. The Labute approximate surface area is 78.2 Å². The molecule has 1 aliphatic heterocycles. The summed E-state index contributed by atoms with van der Waals surface area (Å²) in [5.41, 5.74) is 3.06. The molecule has 0 N–H and O–H groups in total. The molecule has 1 aromatic carbocycles. The summed E-state index contributed by atoms with van der Waals surface area (Å²) < 4.78 is 0. The number of carbonyl (C=O) groups is 1. The summed E-state index contributed by atoms with van der Waals surface area (Å²) in [7, 11) is 1.85. The van der Waals surface area contributed by atoms with Crippen LogP contribution in [0.3, 0.4) is 0 Å². The lowest BCUT2D eigenvalue weighted by molar-refractivity contribution is 0.0780. The van der Waals surface area contributed by atoms with E-state index in [1.54, 1.807) is 4.90 Å². The molecule has 1 heterocycles. The highest BCUT2D eigenvalue weighted by molar-refractivity contribution is 5.97. The number of benzene rings is 1. The van der Waals surface area contributed by atoms with Crippen LogP contribution in [0.2, 0.25) is 0 Å². The van der Waals surface area contributed by atoms with E-state index in [1.165, 1.54) is 0 Å². The van der Waals surface area contributed by atoms with Crippen LogP contribution in [-0.2, 0) is 6.42 Å². The molecule has 2 heteroatoms. The van der Waals surface area contributed by atoms with Gasteiger partial charge in [0.05, 0.1) is 0 Å². The second-order valence-electron chi connectivity index (χ2n) is 3.52. The summed E-state index contributed by atoms with van der Waals surface area (Å²) in [6, 6.07) is 6.85. The Morgan fingerprint density at radius 2 is 2.23 bits per heavy atom. The van der Waals surface area contributed by atoms with E-state index in [0.717, 1.165) is 29.7 Å². The van der Waals surface area contributed by atoms with Crippen LogP contribution in [0.25, 0.3) is 0 Å². The molecule has 1 amide bonds. The normalized spacial score (nSPS) is 15.8. The minimum atomic E-state index is 0.146. The van der Waals surface area contributed by atoms with Crippen LogP contribution in [0, 0.1) is 13.0 Å². The van der Waals surface area contributed by atoms with Crippen LogP contribution in [-0.4, -0.2) is 24.4 Å². The Balaban J connectivity index is 2.57. The summed E-state index contributed by atoms with van der Waals surface area (Å²) in [4.78, 5) is 13.5. The molecular weight excluding hydrogens is 162 g/mol. The first-order valence-corrected chi connectivity index (χ1v) is 4.45. The van der Waals surface area contributed by atoms with Gasteiger partial charge in [-0.3, -0.25) is 4.79 Å². The van der Waals surface area contributed by atoms with Crippen molar-refractivity contribution in [2.45, 2.75) is 13.3 Å². The number of nitrogens with zero attached hydrogens (tertiary/aromatic N) is 1. The number of amides is 1. The number of hydrogen-bond acceptors (Lipinski definition) is 1. The maximum absolute atomic E-state index is 11.7. The van der Waals surface area contributed by atoms with Gasteiger partial charge < -0.3 is 4.90 Å². The molecule has 0 bridgehead atoms. The highest BCUT2D eigenvalue weighted by atomic mass is 16.2. The van der Waals surface area contributed by atoms with E-state index in [1.807, 2.05) is 26.1 Å². The van der Waals surface area contributed by atoms with Gasteiger partial charge in [-0.1, -0.05) is 12.1 Å². The Morgan fingerprint density at radius 3 is 3.00 bits per heavy atom. The van der Waals surface area contributed by atoms with Gasteiger partial charge in [0, 0.05) is 19.2 Å². The first-order valence-electron chi connectivity index (χ1n) is 4.45. The van der Waals surface area contributed by atoms with E-state index in [9.17, 15) is 4.79 Å². The van der Waals surface area contributed by atoms with Crippen molar-refractivity contribution in [2.75, 3.05) is 13.6 Å². The second-order valence-corrected chi connectivity index (χ2v) is 3.52. The Bertz CT molecular complexity index is 357. The fourth-order valence-corrected chi connectivity index (χ4v) is 1.75. The number of aryl methyl sites for hydroxylation is 1. The topological polar surface area (TPSA) is 20.3 Å². The van der Waals surface area contributed by atoms with Gasteiger partial charge in [-0.2, -0.15) is 0 Å². The lowest BCUT2D eigenvalue weighted by atomic mass is 9.95. The zero-order valence-electron chi connectivity index (χ0n) is 7.92. The molecule has 0 aromatic heterocycles. The molecule has 0 atom stereocenters. The quantitative estimate of drug-likeness (QED) is 0.582. The fraction of sp³-hybridized carbons (Fsp3) is 0.364. The van der Waals surface area contributed by atoms with Gasteiger partial charge in [-0.05, 0) is 30.5 Å². The minimum absolute atomic E-state index is 0.146. The molecule has 13 heavy (non-hydrogen) atoms. The smallest absolute Gasteiger partial charge is 0.254 e. The van der Waals surface area contributed by atoms with E-state index in [4.69, 9.17) is 0 Å². The lowest BCUT2D eigenvalue weighted by Gasteiger charge is -2.25. The average Bonchev–Trinajstić information content (AvgIpc) is 2.12. The summed E-state index contributed by atoms with van der Waals surface area (Å²) in [5.74, 6) is 0.146. The van der Waals surface area contributed by atoms with Gasteiger partial charge in [0.2, 0.25) is 0 Å². The lowest BCUT2D eigenvalue weighted by Crippen LogP contribution is -2.34. The molecular formula is C11H12NO. The highest BCUT2D eigenvalue weighted by Crippen LogP contribution is 2.20. The number of rotatable bonds is 0. The molecule has 0 aliphatic carbocycles. The van der Waals surface area contributed by atoms with Gasteiger partial charge in [0.25, 0.3) is 5.91 Å². The Hall–Kier alpha value is -1.31. The van der Waals surface area contributed by atoms with Crippen molar-refractivity contribution in [3.63, 3.8) is 0 Å². The summed E-state index contributed by atoms with van der Waals surface area (Å²) >= 11 is 0. The maximum atomic E-state index is 11.7. The zero-order chi connectivity index (χ0) is 9.42. The van der Waals surface area contributed by atoms with Gasteiger partial charge in [0.1, 0.15) is 0 Å². The second kappa shape index (κ2) is 2.87. The summed E-state index contributed by atoms with van der Waals surface area (Å²) in [6.45, 7) is 2.79. The van der Waals surface area contributed by atoms with Crippen molar-refractivity contribution in [1.82, 2.24) is 4.90 Å². The van der Waals surface area contributed by atoms with Gasteiger partial charge >= 0.3 is 0 Å². The van der Waals surface area contributed by atoms with E-state index >= 15 is 0 Å². The van der Waals surface area contributed by atoms with E-state index in [-0.39, 0.29) is 5.91 Å². The molecule has 0 saturated carbocycles. The molecule has 0 unspecified atom stereocenters. The fourth-order valence-electron chi connectivity index (χ4n) is 1.75. The van der Waals surface area contributed by atoms with Crippen molar-refractivity contribution in [2.24, 2.45) is 0 Å². The van der Waals surface area contributed by atoms with Crippen LogP contribution in [0.15, 0.2) is 12.1 Å². The van der Waals surface area contributed by atoms with Crippen molar-refractivity contribution < 1.29 is 4.79 Å². The molecule has 1 aromatic rings. The van der Waals surface area contributed by atoms with Crippen molar-refractivity contribution >= 4 is 5.91 Å². The average molecular weight is 174 g/mol. The van der Waals surface area contributed by atoms with Crippen LogP contribution >= 0.6 is 0 Å². The number of carbonyl (C=O) groups excluding carboxylic acids is 1. The number of likely N-dealkylation sites (N-methyl/N-ethyl adjacent to an activating group) is 1. The first-order chi connectivity index (χ1) is 6.20. The predicted molar refractivity (Wildman–Crippen MR) is 50.7 cm³/mol. The standard InChI is InChI=1S/C11H12NO/c1-8-4-3-5-9-6-7-12(2)11(13)10(8)9/h4-5H,6-7H2,1-2H3. The number of fused-ring (bicyclic) bond motifs is 1. The van der Waals surface area contributed by atoms with Gasteiger partial charge in [-0.15, -0.1) is 0 Å². The molecule has 2 rings (SSSR count). The third-order valence-electron chi connectivity index (χ3n) is 2.55. The third-order valence-corrected chi connectivity index (χ3v) is 2.55. The molecule has 0 saturated heterocycles. The largest absolute Gasteiger partial charge is 0.341 e. The molecule has 0 spiro atoms. The Kier molecular flexibility index (Phi) is 1.83. The van der Waals surface area contributed by atoms with Crippen molar-refractivity contribution in [3.05, 3.63) is 34.9 Å². The monoisotopic (exact) mass is 174 g/mol. The highest BCUT2D eigenvalue weighted by Gasteiger charge is 2.22. The molecule has 0 fully saturated rings. The molecule has 67 valence electrons. The Morgan fingerprint density at radius 1 is 1.46 bits per heavy atom. The predicted octanol–water partition coefficient (Wildman–Crippen LogP) is 1.42. The van der Waals surface area contributed by atoms with E-state index in [2.05, 4.69) is 6.07 Å². The van der Waals surface area contributed by atoms with Crippen LogP contribution in [0.5, 0.6) is 0 Å². The van der Waals surface area contributed by atoms with Gasteiger partial charge in [-0.25, -0.2) is 0 Å². The molecule has 2 nitrogen and oxygen atoms in total. The van der Waals surface area contributed by atoms with Crippen LogP contribution < -0.4 is 0 Å². The van der Waals surface area contributed by atoms with Gasteiger partial charge in [0.15, 0.2) is 0 Å². The van der Waals surface area contributed by atoms with E-state index < -0.39 is 0 Å². The van der Waals surface area contributed by atoms with Crippen molar-refractivity contribution in [1.29, 1.82) is 0 Å². The van der Waals surface area contributed by atoms with Crippen LogP contribution in [0.1, 0.15) is 21.5 Å². The van der Waals surface area contributed by atoms with Crippen molar-refractivity contribution in [3.8, 4) is 0 Å². The minimum Gasteiger partial charge on any atom is -0.341 e. The third kappa shape index (κ3) is 1.22. The first kappa shape index (κ1) is 8.30. The summed E-state index contributed by atoms with van der Waals surface area (Å²) in [6.07, 6.45) is 0.954. The molecule has 1 aliphatic rings. The summed E-state index contributed by atoms with van der Waals surface area (Å²) in [5, 5.41) is 0. The number of hydrogen-bond donors (Lipinski definition) is 0. The SMILES string of the molecule is Cc1c[c]cc2c1C(=O)N(C)CC2. The van der Waals surface area contributed by atoms with E-state index in [0.29, 0.717) is 0 Å².